The van der Waals surface area contributed by atoms with Crippen LogP contribution in [0.5, 0.6) is 11.5 Å². The smallest absolute Gasteiger partial charge is 0.244 e. The Balaban J connectivity index is 2.90. The number of hydrogen-bond acceptors (Lipinski definition) is 3. The Labute approximate surface area is 121 Å². The van der Waals surface area contributed by atoms with Gasteiger partial charge in [-0.05, 0) is 39.7 Å². The predicted octanol–water partition coefficient (Wildman–Crippen LogP) is 2.78. The third kappa shape index (κ3) is 4.44. The number of hydrogen-bond donors (Lipinski definition) is 1. The standard InChI is InChI=1S/C14H16BrNO3/c1-4-7-16-13(17)6-5-10-8-11(15)14(19-3)12(9-10)18-2/h4-6,8-9H,1,7H2,2-3H3,(H,16,17)/b6-5+. The van der Waals surface area contributed by atoms with Crippen molar-refractivity contribution in [3.05, 3.63) is 40.9 Å². The number of benzene rings is 1. The molecule has 0 atom stereocenters. The summed E-state index contributed by atoms with van der Waals surface area (Å²) in [4.78, 5) is 11.4. The number of carbonyl (C=O) groups excluding carboxylic acids is 1. The van der Waals surface area contributed by atoms with Gasteiger partial charge in [-0.1, -0.05) is 6.08 Å². The van der Waals surface area contributed by atoms with Gasteiger partial charge in [0, 0.05) is 12.6 Å². The van der Waals surface area contributed by atoms with E-state index in [2.05, 4.69) is 27.8 Å². The molecule has 1 aromatic carbocycles. The van der Waals surface area contributed by atoms with Gasteiger partial charge >= 0.3 is 0 Å². The van der Waals surface area contributed by atoms with Crippen molar-refractivity contribution in [3.8, 4) is 11.5 Å². The van der Waals surface area contributed by atoms with E-state index in [0.29, 0.717) is 18.0 Å². The Morgan fingerprint density at radius 2 is 2.16 bits per heavy atom. The zero-order valence-corrected chi connectivity index (χ0v) is 12.5. The van der Waals surface area contributed by atoms with Crippen molar-refractivity contribution < 1.29 is 14.3 Å². The summed E-state index contributed by atoms with van der Waals surface area (Å²) in [5, 5.41) is 2.66. The van der Waals surface area contributed by atoms with E-state index in [1.807, 2.05) is 6.07 Å². The lowest BCUT2D eigenvalue weighted by Gasteiger charge is -2.10. The molecule has 0 fully saturated rings. The van der Waals surface area contributed by atoms with Crippen LogP contribution in [0.4, 0.5) is 0 Å². The summed E-state index contributed by atoms with van der Waals surface area (Å²) in [6, 6.07) is 3.64. The van der Waals surface area contributed by atoms with Gasteiger partial charge in [-0.25, -0.2) is 0 Å². The minimum Gasteiger partial charge on any atom is -0.493 e. The topological polar surface area (TPSA) is 47.6 Å². The number of halogens is 1. The Morgan fingerprint density at radius 3 is 2.74 bits per heavy atom. The summed E-state index contributed by atoms with van der Waals surface area (Å²) in [6.45, 7) is 3.97. The maximum atomic E-state index is 11.4. The third-order valence-electron chi connectivity index (χ3n) is 2.30. The molecular weight excluding hydrogens is 310 g/mol. The predicted molar refractivity (Wildman–Crippen MR) is 79.5 cm³/mol. The molecular formula is C14H16BrNO3. The molecule has 1 aromatic rings. The van der Waals surface area contributed by atoms with E-state index < -0.39 is 0 Å². The van der Waals surface area contributed by atoms with E-state index in [1.54, 1.807) is 32.4 Å². The van der Waals surface area contributed by atoms with Crippen LogP contribution in [0.15, 0.2) is 35.3 Å². The van der Waals surface area contributed by atoms with Crippen molar-refractivity contribution in [1.82, 2.24) is 5.32 Å². The SMILES string of the molecule is C=CCNC(=O)/C=C/c1cc(Br)c(OC)c(OC)c1. The summed E-state index contributed by atoms with van der Waals surface area (Å²) in [7, 11) is 3.13. The highest BCUT2D eigenvalue weighted by atomic mass is 79.9. The van der Waals surface area contributed by atoms with Crippen LogP contribution in [-0.2, 0) is 4.79 Å². The van der Waals surface area contributed by atoms with Crippen LogP contribution < -0.4 is 14.8 Å². The van der Waals surface area contributed by atoms with Crippen molar-refractivity contribution in [3.63, 3.8) is 0 Å². The molecule has 1 rings (SSSR count). The van der Waals surface area contributed by atoms with Crippen molar-refractivity contribution >= 4 is 27.9 Å². The lowest BCUT2D eigenvalue weighted by molar-refractivity contribution is -0.116. The van der Waals surface area contributed by atoms with Crippen LogP contribution in [0.3, 0.4) is 0 Å². The Hall–Kier alpha value is -1.75. The molecule has 1 N–H and O–H groups in total. The molecule has 0 saturated heterocycles. The molecule has 0 aliphatic heterocycles. The van der Waals surface area contributed by atoms with Gasteiger partial charge in [0.15, 0.2) is 11.5 Å². The average molecular weight is 326 g/mol. The average Bonchev–Trinajstić information content (AvgIpc) is 2.42. The molecule has 0 bridgehead atoms. The maximum Gasteiger partial charge on any atom is 0.244 e. The fraction of sp³-hybridized carbons (Fsp3) is 0.214. The van der Waals surface area contributed by atoms with Crippen LogP contribution in [0.25, 0.3) is 6.08 Å². The normalized spacial score (nSPS) is 10.3. The second-order valence-corrected chi connectivity index (χ2v) is 4.46. The van der Waals surface area contributed by atoms with Gasteiger partial charge in [0.1, 0.15) is 0 Å². The van der Waals surface area contributed by atoms with Crippen LogP contribution in [-0.4, -0.2) is 26.7 Å². The first-order chi connectivity index (χ1) is 9.12. The lowest BCUT2D eigenvalue weighted by atomic mass is 10.2. The maximum absolute atomic E-state index is 11.4. The Bertz CT molecular complexity index is 498. The fourth-order valence-corrected chi connectivity index (χ4v) is 2.06. The van der Waals surface area contributed by atoms with Crippen molar-refractivity contribution in [2.24, 2.45) is 0 Å². The van der Waals surface area contributed by atoms with Crippen molar-refractivity contribution in [2.45, 2.75) is 0 Å². The van der Waals surface area contributed by atoms with Crippen LogP contribution in [0.2, 0.25) is 0 Å². The summed E-state index contributed by atoms with van der Waals surface area (Å²) >= 11 is 3.40. The van der Waals surface area contributed by atoms with E-state index in [0.717, 1.165) is 10.0 Å². The zero-order valence-electron chi connectivity index (χ0n) is 10.9. The molecule has 5 heteroatoms. The molecule has 0 aromatic heterocycles. The first kappa shape index (κ1) is 15.3. The van der Waals surface area contributed by atoms with Crippen LogP contribution >= 0.6 is 15.9 Å². The quantitative estimate of drug-likeness (QED) is 0.646. The van der Waals surface area contributed by atoms with Crippen LogP contribution in [0.1, 0.15) is 5.56 Å². The molecule has 0 heterocycles. The highest BCUT2D eigenvalue weighted by molar-refractivity contribution is 9.10. The van der Waals surface area contributed by atoms with Gasteiger partial charge in [-0.15, -0.1) is 6.58 Å². The van der Waals surface area contributed by atoms with Gasteiger partial charge < -0.3 is 14.8 Å². The van der Waals surface area contributed by atoms with Gasteiger partial charge in [-0.3, -0.25) is 4.79 Å². The van der Waals surface area contributed by atoms with Gasteiger partial charge in [0.2, 0.25) is 5.91 Å². The van der Waals surface area contributed by atoms with Crippen molar-refractivity contribution in [1.29, 1.82) is 0 Å². The monoisotopic (exact) mass is 325 g/mol. The number of nitrogens with one attached hydrogen (secondary N) is 1. The van der Waals surface area contributed by atoms with E-state index in [1.165, 1.54) is 6.08 Å². The number of methoxy groups -OCH3 is 2. The molecule has 1 amide bonds. The molecule has 0 aliphatic rings. The Kier molecular flexibility index (Phi) is 6.15. The molecule has 19 heavy (non-hydrogen) atoms. The van der Waals surface area contributed by atoms with Crippen LogP contribution in [0, 0.1) is 0 Å². The summed E-state index contributed by atoms with van der Waals surface area (Å²) in [6.07, 6.45) is 4.78. The van der Waals surface area contributed by atoms with E-state index in [-0.39, 0.29) is 5.91 Å². The zero-order chi connectivity index (χ0) is 14.3. The molecule has 0 aliphatic carbocycles. The largest absolute Gasteiger partial charge is 0.493 e. The molecule has 4 nitrogen and oxygen atoms in total. The molecule has 0 spiro atoms. The third-order valence-corrected chi connectivity index (χ3v) is 2.89. The first-order valence-electron chi connectivity index (χ1n) is 5.60. The molecule has 102 valence electrons. The highest BCUT2D eigenvalue weighted by Crippen LogP contribution is 2.36. The number of rotatable bonds is 6. The van der Waals surface area contributed by atoms with E-state index in [9.17, 15) is 4.79 Å². The Morgan fingerprint density at radius 1 is 1.42 bits per heavy atom. The molecule has 0 unspecified atom stereocenters. The minimum absolute atomic E-state index is 0.175. The minimum atomic E-state index is -0.175. The summed E-state index contributed by atoms with van der Waals surface area (Å²) in [5.41, 5.74) is 0.832. The first-order valence-corrected chi connectivity index (χ1v) is 6.40. The summed E-state index contributed by atoms with van der Waals surface area (Å²) < 4.78 is 11.2. The molecule has 0 radical (unpaired) electrons. The number of carbonyl (C=O) groups is 1. The van der Waals surface area contributed by atoms with Gasteiger partial charge in [0.05, 0.1) is 18.7 Å². The summed E-state index contributed by atoms with van der Waals surface area (Å²) in [5.74, 6) is 1.05. The lowest BCUT2D eigenvalue weighted by Crippen LogP contribution is -2.20. The number of ether oxygens (including phenoxy) is 2. The van der Waals surface area contributed by atoms with Crippen molar-refractivity contribution in [2.75, 3.05) is 20.8 Å². The van der Waals surface area contributed by atoms with E-state index in [4.69, 9.17) is 9.47 Å². The fourth-order valence-electron chi connectivity index (χ4n) is 1.44. The van der Waals surface area contributed by atoms with E-state index >= 15 is 0 Å². The van der Waals surface area contributed by atoms with Gasteiger partial charge in [0.25, 0.3) is 0 Å². The number of amides is 1. The highest BCUT2D eigenvalue weighted by Gasteiger charge is 2.09. The molecule has 0 saturated carbocycles. The second-order valence-electron chi connectivity index (χ2n) is 3.61. The van der Waals surface area contributed by atoms with Gasteiger partial charge in [-0.2, -0.15) is 0 Å². The second kappa shape index (κ2) is 7.63.